The van der Waals surface area contributed by atoms with Gasteiger partial charge in [-0.2, -0.15) is 0 Å². The van der Waals surface area contributed by atoms with Crippen LogP contribution in [0.5, 0.6) is 0 Å². The fraction of sp³-hybridized carbons (Fsp3) is 1.00. The Labute approximate surface area is 332 Å². The monoisotopic (exact) mass is 781 g/mol. The third kappa shape index (κ3) is 51.6. The molecule has 0 heterocycles. The molecule has 54 heavy (non-hydrogen) atoms. The molecule has 0 aliphatic heterocycles. The molecule has 0 amide bonds. The third-order valence-electron chi connectivity index (χ3n) is 8.75. The largest absolute Gasteiger partial charge is 0.379 e. The van der Waals surface area contributed by atoms with Gasteiger partial charge in [0.1, 0.15) is 0 Å². The van der Waals surface area contributed by atoms with Gasteiger partial charge in [0.25, 0.3) is 0 Å². The van der Waals surface area contributed by atoms with Crippen molar-refractivity contribution in [2.24, 2.45) is 0 Å². The SMILES string of the molecule is CCCCCCCCCCCCCCCCOCCOCCOCCOCCOCCOCCOCCOCCOCCOCCOCCCCCCC. The predicted molar refractivity (Wildman–Crippen MR) is 218 cm³/mol. The minimum absolute atomic E-state index is 0.528. The first kappa shape index (κ1) is 53.6. The number of rotatable bonds is 51. The van der Waals surface area contributed by atoms with Gasteiger partial charge < -0.3 is 52.1 Å². The summed E-state index contributed by atoms with van der Waals surface area (Å²) in [7, 11) is 0. The molecule has 0 atom stereocenters. The van der Waals surface area contributed by atoms with Gasteiger partial charge in [-0.1, -0.05) is 123 Å². The fourth-order valence-corrected chi connectivity index (χ4v) is 5.51. The van der Waals surface area contributed by atoms with Gasteiger partial charge in [0.05, 0.1) is 132 Å². The van der Waals surface area contributed by atoms with Crippen molar-refractivity contribution < 1.29 is 52.1 Å². The molecule has 0 aliphatic carbocycles. The van der Waals surface area contributed by atoms with Crippen LogP contribution in [0.1, 0.15) is 136 Å². The number of hydrogen-bond acceptors (Lipinski definition) is 11. The van der Waals surface area contributed by atoms with Crippen molar-refractivity contribution in [3.8, 4) is 0 Å². The van der Waals surface area contributed by atoms with Crippen molar-refractivity contribution in [3.05, 3.63) is 0 Å². The molecule has 0 aromatic rings. The quantitative estimate of drug-likeness (QED) is 0.0555. The molecule has 11 heteroatoms. The minimum atomic E-state index is 0.528. The van der Waals surface area contributed by atoms with Crippen LogP contribution in [0, 0.1) is 0 Å². The summed E-state index contributed by atoms with van der Waals surface area (Å²) in [5.74, 6) is 0. The van der Waals surface area contributed by atoms with Crippen LogP contribution in [0.15, 0.2) is 0 Å². The van der Waals surface area contributed by atoms with E-state index in [-0.39, 0.29) is 0 Å². The van der Waals surface area contributed by atoms with E-state index in [0.717, 1.165) is 26.1 Å². The van der Waals surface area contributed by atoms with E-state index in [1.54, 1.807) is 0 Å². The normalized spacial score (nSPS) is 11.7. The van der Waals surface area contributed by atoms with Crippen LogP contribution in [-0.4, -0.2) is 145 Å². The third-order valence-corrected chi connectivity index (χ3v) is 8.75. The van der Waals surface area contributed by atoms with Crippen LogP contribution in [0.3, 0.4) is 0 Å². The summed E-state index contributed by atoms with van der Waals surface area (Å²) in [5.41, 5.74) is 0. The maximum absolute atomic E-state index is 5.69. The lowest BCUT2D eigenvalue weighted by Gasteiger charge is -2.09. The molecular weight excluding hydrogens is 692 g/mol. The lowest BCUT2D eigenvalue weighted by Crippen LogP contribution is -2.15. The van der Waals surface area contributed by atoms with E-state index in [1.807, 2.05) is 0 Å². The van der Waals surface area contributed by atoms with Crippen LogP contribution < -0.4 is 0 Å². The van der Waals surface area contributed by atoms with Crippen LogP contribution in [-0.2, 0) is 52.1 Å². The number of ether oxygens (including phenoxy) is 11. The van der Waals surface area contributed by atoms with Gasteiger partial charge in [0, 0.05) is 13.2 Å². The Bertz CT molecular complexity index is 580. The zero-order chi connectivity index (χ0) is 38.8. The molecule has 0 unspecified atom stereocenters. The highest BCUT2D eigenvalue weighted by Crippen LogP contribution is 2.13. The molecule has 11 nitrogen and oxygen atoms in total. The Morgan fingerprint density at radius 2 is 0.278 bits per heavy atom. The fourth-order valence-electron chi connectivity index (χ4n) is 5.51. The molecule has 0 aromatic heterocycles. The molecule has 0 aromatic carbocycles. The molecule has 0 bridgehead atoms. The van der Waals surface area contributed by atoms with Gasteiger partial charge in [-0.15, -0.1) is 0 Å². The molecule has 0 saturated heterocycles. The molecular formula is C43H88O11. The highest BCUT2D eigenvalue weighted by Gasteiger charge is 1.98. The van der Waals surface area contributed by atoms with Crippen LogP contribution in [0.25, 0.3) is 0 Å². The molecule has 0 rings (SSSR count). The second-order valence-electron chi connectivity index (χ2n) is 13.7. The highest BCUT2D eigenvalue weighted by atomic mass is 16.6. The van der Waals surface area contributed by atoms with Gasteiger partial charge in [0.15, 0.2) is 0 Å². The van der Waals surface area contributed by atoms with Crippen molar-refractivity contribution in [2.45, 2.75) is 136 Å². The maximum atomic E-state index is 5.69. The molecule has 326 valence electrons. The van der Waals surface area contributed by atoms with Gasteiger partial charge in [0.2, 0.25) is 0 Å². The molecule has 0 N–H and O–H groups in total. The Morgan fingerprint density at radius 1 is 0.148 bits per heavy atom. The van der Waals surface area contributed by atoms with E-state index >= 15 is 0 Å². The highest BCUT2D eigenvalue weighted by molar-refractivity contribution is 4.50. The summed E-state index contributed by atoms with van der Waals surface area (Å²) in [4.78, 5) is 0. The van der Waals surface area contributed by atoms with E-state index < -0.39 is 0 Å². The maximum Gasteiger partial charge on any atom is 0.0701 e. The lowest BCUT2D eigenvalue weighted by molar-refractivity contribution is -0.0275. The van der Waals surface area contributed by atoms with Crippen LogP contribution >= 0.6 is 0 Å². The van der Waals surface area contributed by atoms with E-state index in [2.05, 4.69) is 13.8 Å². The van der Waals surface area contributed by atoms with Crippen molar-refractivity contribution in [3.63, 3.8) is 0 Å². The van der Waals surface area contributed by atoms with Crippen molar-refractivity contribution in [1.29, 1.82) is 0 Å². The van der Waals surface area contributed by atoms with E-state index in [0.29, 0.717) is 132 Å². The van der Waals surface area contributed by atoms with Crippen LogP contribution in [0.4, 0.5) is 0 Å². The molecule has 0 saturated carbocycles. The topological polar surface area (TPSA) is 102 Å². The summed E-state index contributed by atoms with van der Waals surface area (Å²) < 4.78 is 61.0. The van der Waals surface area contributed by atoms with E-state index in [9.17, 15) is 0 Å². The molecule has 0 radical (unpaired) electrons. The average molecular weight is 781 g/mol. The smallest absolute Gasteiger partial charge is 0.0701 e. The summed E-state index contributed by atoms with van der Waals surface area (Å²) in [5, 5.41) is 0. The van der Waals surface area contributed by atoms with Crippen molar-refractivity contribution in [1.82, 2.24) is 0 Å². The lowest BCUT2D eigenvalue weighted by atomic mass is 10.0. The second kappa shape index (κ2) is 52.6. The van der Waals surface area contributed by atoms with Gasteiger partial charge in [-0.25, -0.2) is 0 Å². The summed E-state index contributed by atoms with van der Waals surface area (Å²) in [6.45, 7) is 17.4. The van der Waals surface area contributed by atoms with Crippen molar-refractivity contribution in [2.75, 3.05) is 145 Å². The van der Waals surface area contributed by atoms with E-state index in [1.165, 1.54) is 109 Å². The number of hydrogen-bond donors (Lipinski definition) is 0. The Balaban J connectivity index is 3.05. The zero-order valence-corrected chi connectivity index (χ0v) is 35.5. The summed E-state index contributed by atoms with van der Waals surface area (Å²) in [6.07, 6.45) is 25.6. The minimum Gasteiger partial charge on any atom is -0.379 e. The first-order valence-electron chi connectivity index (χ1n) is 22.3. The molecule has 0 spiro atoms. The summed E-state index contributed by atoms with van der Waals surface area (Å²) in [6, 6.07) is 0. The first-order valence-corrected chi connectivity index (χ1v) is 22.3. The van der Waals surface area contributed by atoms with Gasteiger partial charge in [-0.3, -0.25) is 0 Å². The van der Waals surface area contributed by atoms with Crippen LogP contribution in [0.2, 0.25) is 0 Å². The van der Waals surface area contributed by atoms with Crippen molar-refractivity contribution >= 4 is 0 Å². The molecule has 0 aliphatic rings. The Hall–Kier alpha value is -0.440. The standard InChI is InChI=1S/C43H88O11/c1-3-5-7-9-10-11-12-13-14-15-16-17-19-21-23-45-25-27-47-29-31-49-33-35-51-37-39-53-41-43-54-42-40-52-38-36-50-34-32-48-30-28-46-26-24-44-22-20-18-8-6-4-2/h3-43H2,1-2H3. The zero-order valence-electron chi connectivity index (χ0n) is 35.5. The molecule has 0 fully saturated rings. The Kier molecular flexibility index (Phi) is 52.1. The first-order chi connectivity index (χ1) is 26.9. The average Bonchev–Trinajstić information content (AvgIpc) is 3.18. The van der Waals surface area contributed by atoms with Gasteiger partial charge >= 0.3 is 0 Å². The predicted octanol–water partition coefficient (Wildman–Crippen LogP) is 8.62. The second-order valence-corrected chi connectivity index (χ2v) is 13.7. The number of unbranched alkanes of at least 4 members (excludes halogenated alkanes) is 17. The Morgan fingerprint density at radius 3 is 0.444 bits per heavy atom. The van der Waals surface area contributed by atoms with E-state index in [4.69, 9.17) is 52.1 Å². The van der Waals surface area contributed by atoms with Gasteiger partial charge in [-0.05, 0) is 12.8 Å². The summed E-state index contributed by atoms with van der Waals surface area (Å²) >= 11 is 0.